The lowest BCUT2D eigenvalue weighted by atomic mass is 10.2. The van der Waals surface area contributed by atoms with Gasteiger partial charge in [0.1, 0.15) is 5.75 Å². The second-order valence-corrected chi connectivity index (χ2v) is 5.99. The summed E-state index contributed by atoms with van der Waals surface area (Å²) < 4.78 is 65.4. The summed E-state index contributed by atoms with van der Waals surface area (Å²) in [6, 6.07) is 5.42. The molecule has 0 aliphatic rings. The fraction of sp³-hybridized carbons (Fsp3) is 0.167. The molecular formula is C12H9F3N2O3S. The van der Waals surface area contributed by atoms with Crippen molar-refractivity contribution in [3.05, 3.63) is 42.1 Å². The van der Waals surface area contributed by atoms with Gasteiger partial charge in [0.15, 0.2) is 0 Å². The van der Waals surface area contributed by atoms with E-state index in [0.717, 1.165) is 24.6 Å². The van der Waals surface area contributed by atoms with Gasteiger partial charge in [0.05, 0.1) is 5.56 Å². The molecular weight excluding hydrogens is 309 g/mol. The highest BCUT2D eigenvalue weighted by atomic mass is 32.2. The van der Waals surface area contributed by atoms with Crippen LogP contribution in [0.15, 0.2) is 41.7 Å². The fourth-order valence-electron chi connectivity index (χ4n) is 1.42. The Hall–Kier alpha value is -2.16. The van der Waals surface area contributed by atoms with Gasteiger partial charge in [-0.2, -0.15) is 18.2 Å². The van der Waals surface area contributed by atoms with Crippen molar-refractivity contribution in [2.75, 3.05) is 6.26 Å². The minimum Gasteiger partial charge on any atom is -0.439 e. The van der Waals surface area contributed by atoms with Crippen LogP contribution in [0.4, 0.5) is 13.2 Å². The third-order valence-corrected chi connectivity index (χ3v) is 3.18. The first kappa shape index (κ1) is 15.2. The monoisotopic (exact) mass is 318 g/mol. The molecule has 1 heterocycles. The molecule has 2 aromatic rings. The summed E-state index contributed by atoms with van der Waals surface area (Å²) in [4.78, 5) is 7.18. The molecule has 0 aliphatic carbocycles. The smallest absolute Gasteiger partial charge is 0.416 e. The Bertz CT molecular complexity index is 760. The van der Waals surface area contributed by atoms with Gasteiger partial charge in [0, 0.05) is 18.5 Å². The molecule has 0 unspecified atom stereocenters. The van der Waals surface area contributed by atoms with Gasteiger partial charge in [-0.15, -0.1) is 0 Å². The molecule has 0 atom stereocenters. The van der Waals surface area contributed by atoms with Crippen molar-refractivity contribution in [3.63, 3.8) is 0 Å². The Kier molecular flexibility index (Phi) is 3.86. The molecule has 0 spiro atoms. The molecule has 0 fully saturated rings. The van der Waals surface area contributed by atoms with E-state index in [0.29, 0.717) is 0 Å². The highest BCUT2D eigenvalue weighted by Gasteiger charge is 2.30. The minimum absolute atomic E-state index is 0.108. The van der Waals surface area contributed by atoms with Crippen molar-refractivity contribution in [1.29, 1.82) is 0 Å². The molecule has 112 valence electrons. The summed E-state index contributed by atoms with van der Waals surface area (Å²) in [5.74, 6) is -0.271. The largest absolute Gasteiger partial charge is 0.439 e. The highest BCUT2D eigenvalue weighted by molar-refractivity contribution is 7.90. The molecule has 21 heavy (non-hydrogen) atoms. The summed E-state index contributed by atoms with van der Waals surface area (Å²) in [6.45, 7) is 0. The van der Waals surface area contributed by atoms with Gasteiger partial charge in [-0.25, -0.2) is 13.4 Å². The molecule has 9 heteroatoms. The molecule has 0 aliphatic heterocycles. The van der Waals surface area contributed by atoms with Gasteiger partial charge in [-0.3, -0.25) is 0 Å². The van der Waals surface area contributed by atoms with Gasteiger partial charge < -0.3 is 4.74 Å². The maximum Gasteiger partial charge on any atom is 0.416 e. The lowest BCUT2D eigenvalue weighted by molar-refractivity contribution is -0.137. The average Bonchev–Trinajstić information content (AvgIpc) is 2.37. The maximum atomic E-state index is 12.6. The molecule has 0 N–H and O–H groups in total. The number of alkyl halides is 3. The van der Waals surface area contributed by atoms with Crippen LogP contribution in [0.5, 0.6) is 11.6 Å². The van der Waals surface area contributed by atoms with Crippen LogP contribution in [0.2, 0.25) is 0 Å². The topological polar surface area (TPSA) is 69.2 Å². The van der Waals surface area contributed by atoms with Gasteiger partial charge in [0.2, 0.25) is 20.9 Å². The van der Waals surface area contributed by atoms with Crippen LogP contribution in [0.1, 0.15) is 5.56 Å². The Balaban J connectivity index is 2.31. The summed E-state index contributed by atoms with van der Waals surface area (Å²) >= 11 is 0. The number of aromatic nitrogens is 2. The second kappa shape index (κ2) is 5.32. The molecule has 1 aromatic carbocycles. The molecule has 5 nitrogen and oxygen atoms in total. The summed E-state index contributed by atoms with van der Waals surface area (Å²) in [7, 11) is -3.63. The van der Waals surface area contributed by atoms with Gasteiger partial charge in [0.25, 0.3) is 0 Å². The zero-order chi connectivity index (χ0) is 15.7. The number of halogens is 3. The van der Waals surface area contributed by atoms with E-state index in [-0.39, 0.29) is 11.6 Å². The Morgan fingerprint density at radius 3 is 2.52 bits per heavy atom. The summed E-state index contributed by atoms with van der Waals surface area (Å²) in [5.41, 5.74) is -0.877. The van der Waals surface area contributed by atoms with Crippen LogP contribution >= 0.6 is 0 Å². The predicted octanol–water partition coefficient (Wildman–Crippen LogP) is 2.69. The highest BCUT2D eigenvalue weighted by Crippen LogP contribution is 2.32. The predicted molar refractivity (Wildman–Crippen MR) is 66.7 cm³/mol. The van der Waals surface area contributed by atoms with Crippen molar-refractivity contribution in [2.45, 2.75) is 11.3 Å². The lowest BCUT2D eigenvalue weighted by Gasteiger charge is -2.09. The van der Waals surface area contributed by atoms with E-state index in [2.05, 4.69) is 9.97 Å². The zero-order valence-electron chi connectivity index (χ0n) is 10.6. The molecule has 0 bridgehead atoms. The minimum atomic E-state index is -4.50. The van der Waals surface area contributed by atoms with E-state index >= 15 is 0 Å². The number of rotatable bonds is 3. The number of hydrogen-bond acceptors (Lipinski definition) is 5. The molecule has 0 radical (unpaired) electrons. The number of hydrogen-bond donors (Lipinski definition) is 0. The normalized spacial score (nSPS) is 12.2. The van der Waals surface area contributed by atoms with Crippen LogP contribution in [0.3, 0.4) is 0 Å². The SMILES string of the molecule is CS(=O)(=O)c1nccc(Oc2cccc(C(F)(F)F)c2)n1. The zero-order valence-corrected chi connectivity index (χ0v) is 11.4. The molecule has 1 aromatic heterocycles. The Morgan fingerprint density at radius 1 is 1.19 bits per heavy atom. The van der Waals surface area contributed by atoms with Crippen molar-refractivity contribution in [2.24, 2.45) is 0 Å². The second-order valence-electron chi connectivity index (χ2n) is 4.08. The molecule has 2 rings (SSSR count). The van der Waals surface area contributed by atoms with Gasteiger partial charge in [-0.1, -0.05) is 6.07 Å². The van der Waals surface area contributed by atoms with Crippen molar-refractivity contribution in [1.82, 2.24) is 9.97 Å². The van der Waals surface area contributed by atoms with Crippen molar-refractivity contribution < 1.29 is 26.3 Å². The van der Waals surface area contributed by atoms with E-state index in [1.165, 1.54) is 18.2 Å². The van der Waals surface area contributed by atoms with Crippen LogP contribution in [-0.4, -0.2) is 24.6 Å². The third-order valence-electron chi connectivity index (χ3n) is 2.32. The van der Waals surface area contributed by atoms with E-state index in [1.807, 2.05) is 0 Å². The molecule has 0 saturated heterocycles. The summed E-state index contributed by atoms with van der Waals surface area (Å²) in [5, 5.41) is -0.466. The van der Waals surface area contributed by atoms with E-state index < -0.39 is 26.7 Å². The van der Waals surface area contributed by atoms with Crippen LogP contribution in [0, 0.1) is 0 Å². The first-order valence-corrected chi connectivity index (χ1v) is 7.43. The maximum absolute atomic E-state index is 12.6. The van der Waals surface area contributed by atoms with Crippen LogP contribution < -0.4 is 4.74 Å². The first-order chi connectivity index (χ1) is 9.66. The quantitative estimate of drug-likeness (QED) is 0.814. The molecule has 0 amide bonds. The Labute approximate surface area is 118 Å². The average molecular weight is 318 g/mol. The van der Waals surface area contributed by atoms with Crippen LogP contribution in [-0.2, 0) is 16.0 Å². The lowest BCUT2D eigenvalue weighted by Crippen LogP contribution is -2.05. The summed E-state index contributed by atoms with van der Waals surface area (Å²) in [6.07, 6.45) is -2.44. The standard InChI is InChI=1S/C12H9F3N2O3S/c1-21(18,19)11-16-6-5-10(17-11)20-9-4-2-3-8(7-9)12(13,14)15/h2-7H,1H3. The van der Waals surface area contributed by atoms with Gasteiger partial charge >= 0.3 is 6.18 Å². The number of benzene rings is 1. The molecule has 0 saturated carbocycles. The van der Waals surface area contributed by atoms with E-state index in [4.69, 9.17) is 4.74 Å². The van der Waals surface area contributed by atoms with Crippen molar-refractivity contribution in [3.8, 4) is 11.6 Å². The fourth-order valence-corrected chi connectivity index (χ4v) is 1.93. The number of ether oxygens (including phenoxy) is 1. The first-order valence-electron chi connectivity index (χ1n) is 5.54. The number of nitrogens with zero attached hydrogens (tertiary/aromatic N) is 2. The van der Waals surface area contributed by atoms with Crippen LogP contribution in [0.25, 0.3) is 0 Å². The Morgan fingerprint density at radius 2 is 1.90 bits per heavy atom. The van der Waals surface area contributed by atoms with Crippen molar-refractivity contribution >= 4 is 9.84 Å². The third kappa shape index (κ3) is 3.91. The van der Waals surface area contributed by atoms with Gasteiger partial charge in [-0.05, 0) is 18.2 Å². The number of sulfone groups is 1. The van der Waals surface area contributed by atoms with E-state index in [1.54, 1.807) is 0 Å². The van der Waals surface area contributed by atoms with E-state index in [9.17, 15) is 21.6 Å².